The molecule has 2 bridgehead atoms. The summed E-state index contributed by atoms with van der Waals surface area (Å²) in [6.45, 7) is 3.70. The van der Waals surface area contributed by atoms with Crippen molar-refractivity contribution in [3.05, 3.63) is 23.9 Å². The van der Waals surface area contributed by atoms with Crippen LogP contribution in [0.4, 0.5) is 0 Å². The van der Waals surface area contributed by atoms with Crippen LogP contribution in [0.15, 0.2) is 18.2 Å². The van der Waals surface area contributed by atoms with Gasteiger partial charge in [-0.2, -0.15) is 4.37 Å². The Bertz CT molecular complexity index is 740. The zero-order valence-electron chi connectivity index (χ0n) is 13.1. The highest BCUT2D eigenvalue weighted by atomic mass is 32.1. The van der Waals surface area contributed by atoms with E-state index in [0.29, 0.717) is 11.7 Å². The number of hydrogen-bond donors (Lipinski definition) is 2. The second kappa shape index (κ2) is 7.14. The van der Waals surface area contributed by atoms with Crippen molar-refractivity contribution in [1.29, 1.82) is 0 Å². The summed E-state index contributed by atoms with van der Waals surface area (Å²) < 4.78 is 5.21. The Kier molecular flexibility index (Phi) is 4.96. The van der Waals surface area contributed by atoms with Gasteiger partial charge in [0.2, 0.25) is 0 Å². The van der Waals surface area contributed by atoms with E-state index in [2.05, 4.69) is 9.27 Å². The van der Waals surface area contributed by atoms with Crippen molar-refractivity contribution < 1.29 is 19.8 Å². The average Bonchev–Trinajstić information content (AvgIpc) is 2.76. The molecule has 0 saturated carbocycles. The maximum Gasteiger partial charge on any atom is 0.290 e. The Labute approximate surface area is 143 Å². The predicted octanol–water partition coefficient (Wildman–Crippen LogP) is 1.62. The number of rotatable bonds is 1. The van der Waals surface area contributed by atoms with E-state index in [-0.39, 0.29) is 18.1 Å². The van der Waals surface area contributed by atoms with Gasteiger partial charge in [-0.15, -0.1) is 0 Å². The first-order valence-corrected chi connectivity index (χ1v) is 8.61. The maximum absolute atomic E-state index is 12.9. The third-order valence-corrected chi connectivity index (χ3v) is 5.38. The molecule has 24 heavy (non-hydrogen) atoms. The highest BCUT2D eigenvalue weighted by molar-refractivity contribution is 7.13. The summed E-state index contributed by atoms with van der Waals surface area (Å²) in [4.78, 5) is 25.7. The number of aromatic hydroxyl groups is 1. The van der Waals surface area contributed by atoms with Crippen LogP contribution in [0.25, 0.3) is 10.1 Å². The monoisotopic (exact) mass is 349 g/mol. The smallest absolute Gasteiger partial charge is 0.290 e. The van der Waals surface area contributed by atoms with Gasteiger partial charge in [0, 0.05) is 37.6 Å². The molecule has 0 atom stereocenters. The molecule has 3 aliphatic rings. The number of carbonyl (C=O) groups excluding carboxylic acids is 1. The summed E-state index contributed by atoms with van der Waals surface area (Å²) in [5.41, 5.74) is 0.537. The fraction of sp³-hybridized carbons (Fsp3) is 0.438. The molecule has 2 aromatic rings. The molecule has 4 heterocycles. The molecule has 0 radical (unpaired) electrons. The normalized spacial score (nSPS) is 22.6. The van der Waals surface area contributed by atoms with E-state index >= 15 is 0 Å². The second-order valence-corrected chi connectivity index (χ2v) is 6.69. The van der Waals surface area contributed by atoms with Crippen LogP contribution >= 0.6 is 11.5 Å². The lowest BCUT2D eigenvalue weighted by molar-refractivity contribution is -0.122. The van der Waals surface area contributed by atoms with Crippen molar-refractivity contribution in [2.75, 3.05) is 26.2 Å². The number of piperidine rings is 1. The molecule has 3 fully saturated rings. The van der Waals surface area contributed by atoms with Crippen LogP contribution in [0, 0.1) is 0 Å². The van der Waals surface area contributed by atoms with Gasteiger partial charge in [-0.25, -0.2) is 0 Å². The van der Waals surface area contributed by atoms with Gasteiger partial charge in [0.25, 0.3) is 12.4 Å². The molecular formula is C16H19N3O4S. The van der Waals surface area contributed by atoms with Crippen LogP contribution in [-0.4, -0.2) is 69.0 Å². The first-order valence-electron chi connectivity index (χ1n) is 7.83. The van der Waals surface area contributed by atoms with E-state index in [1.165, 1.54) is 11.5 Å². The third kappa shape index (κ3) is 3.20. The van der Waals surface area contributed by atoms with Crippen LogP contribution in [0.2, 0.25) is 0 Å². The summed E-state index contributed by atoms with van der Waals surface area (Å²) >= 11 is 1.28. The van der Waals surface area contributed by atoms with Crippen LogP contribution in [0.5, 0.6) is 5.75 Å². The molecule has 1 aromatic carbocycles. The SMILES string of the molecule is O=C(c1nsc2cc(O)ccc12)N1CCN2CCC1CC2.O=CO. The number of benzene rings is 1. The predicted molar refractivity (Wildman–Crippen MR) is 90.5 cm³/mol. The zero-order valence-corrected chi connectivity index (χ0v) is 13.9. The molecule has 1 aromatic heterocycles. The quantitative estimate of drug-likeness (QED) is 0.760. The largest absolute Gasteiger partial charge is 0.508 e. The van der Waals surface area contributed by atoms with E-state index in [0.717, 1.165) is 49.1 Å². The first-order chi connectivity index (χ1) is 11.6. The summed E-state index contributed by atoms with van der Waals surface area (Å²) in [7, 11) is 0. The third-order valence-electron chi connectivity index (χ3n) is 4.57. The van der Waals surface area contributed by atoms with Gasteiger partial charge < -0.3 is 20.0 Å². The number of phenolic OH excluding ortho intramolecular Hbond substituents is 1. The lowest BCUT2D eigenvalue weighted by Crippen LogP contribution is -2.41. The number of phenols is 1. The topological polar surface area (TPSA) is 94.0 Å². The first kappa shape index (κ1) is 16.7. The van der Waals surface area contributed by atoms with Gasteiger partial charge >= 0.3 is 0 Å². The summed E-state index contributed by atoms with van der Waals surface area (Å²) in [5, 5.41) is 17.3. The lowest BCUT2D eigenvalue weighted by atomic mass is 10.0. The van der Waals surface area contributed by atoms with E-state index in [9.17, 15) is 9.90 Å². The fourth-order valence-corrected chi connectivity index (χ4v) is 4.17. The number of fused-ring (bicyclic) bond motifs is 5. The number of amides is 1. The minimum atomic E-state index is -0.250. The number of aromatic nitrogens is 1. The van der Waals surface area contributed by atoms with Crippen molar-refractivity contribution >= 4 is 34.0 Å². The van der Waals surface area contributed by atoms with Crippen molar-refractivity contribution in [3.8, 4) is 5.75 Å². The van der Waals surface area contributed by atoms with Crippen molar-refractivity contribution in [2.24, 2.45) is 0 Å². The van der Waals surface area contributed by atoms with Crippen LogP contribution < -0.4 is 0 Å². The number of carbonyl (C=O) groups is 2. The molecule has 0 unspecified atom stereocenters. The Morgan fingerprint density at radius 3 is 2.67 bits per heavy atom. The Balaban J connectivity index is 0.000000526. The molecule has 0 aliphatic carbocycles. The van der Waals surface area contributed by atoms with Gasteiger partial charge in [-0.1, -0.05) is 0 Å². The molecule has 8 heteroatoms. The maximum atomic E-state index is 12.9. The molecule has 3 saturated heterocycles. The molecule has 3 aliphatic heterocycles. The van der Waals surface area contributed by atoms with Crippen molar-refractivity contribution in [3.63, 3.8) is 0 Å². The lowest BCUT2D eigenvalue weighted by Gasteiger charge is -2.31. The Hall–Kier alpha value is -2.19. The van der Waals surface area contributed by atoms with Gasteiger partial charge in [-0.3, -0.25) is 9.59 Å². The minimum absolute atomic E-state index is 0.0423. The average molecular weight is 349 g/mol. The van der Waals surface area contributed by atoms with E-state index < -0.39 is 0 Å². The highest BCUT2D eigenvalue weighted by Crippen LogP contribution is 2.29. The second-order valence-electron chi connectivity index (χ2n) is 5.89. The summed E-state index contributed by atoms with van der Waals surface area (Å²) in [6, 6.07) is 5.43. The Morgan fingerprint density at radius 1 is 1.25 bits per heavy atom. The van der Waals surface area contributed by atoms with E-state index in [1.54, 1.807) is 18.2 Å². The number of carboxylic acid groups (broad SMARTS) is 1. The molecule has 1 amide bonds. The van der Waals surface area contributed by atoms with Gasteiger partial charge in [0.1, 0.15) is 11.4 Å². The van der Waals surface area contributed by atoms with E-state index in [4.69, 9.17) is 9.90 Å². The van der Waals surface area contributed by atoms with Crippen LogP contribution in [0.3, 0.4) is 0 Å². The molecule has 0 spiro atoms. The molecule has 2 N–H and O–H groups in total. The fourth-order valence-electron chi connectivity index (χ4n) is 3.37. The number of nitrogens with zero attached hydrogens (tertiary/aromatic N) is 3. The Morgan fingerprint density at radius 2 is 1.96 bits per heavy atom. The summed E-state index contributed by atoms with van der Waals surface area (Å²) in [5.74, 6) is 0.257. The molecular weight excluding hydrogens is 330 g/mol. The van der Waals surface area contributed by atoms with Crippen LogP contribution in [0.1, 0.15) is 23.3 Å². The zero-order chi connectivity index (χ0) is 17.1. The highest BCUT2D eigenvalue weighted by Gasteiger charge is 2.33. The number of hydrogen-bond acceptors (Lipinski definition) is 6. The molecule has 128 valence electrons. The standard InChI is InChI=1S/C15H17N3O2S.CH2O2/c19-11-1-2-12-13(9-11)21-16-14(12)15(20)18-8-7-17-5-3-10(18)4-6-17;2-1-3/h1-2,9-10,19H,3-8H2;1H,(H,2,3). The van der Waals surface area contributed by atoms with Gasteiger partial charge in [0.15, 0.2) is 0 Å². The van der Waals surface area contributed by atoms with Gasteiger partial charge in [-0.05, 0) is 42.6 Å². The van der Waals surface area contributed by atoms with E-state index in [1.807, 2.05) is 4.90 Å². The summed E-state index contributed by atoms with van der Waals surface area (Å²) in [6.07, 6.45) is 2.13. The van der Waals surface area contributed by atoms with Crippen molar-refractivity contribution in [2.45, 2.75) is 18.9 Å². The van der Waals surface area contributed by atoms with Gasteiger partial charge in [0.05, 0.1) is 4.70 Å². The molecule has 5 rings (SSSR count). The van der Waals surface area contributed by atoms with Crippen molar-refractivity contribution in [1.82, 2.24) is 14.2 Å². The van der Waals surface area contributed by atoms with Crippen LogP contribution in [-0.2, 0) is 4.79 Å². The molecule has 7 nitrogen and oxygen atoms in total. The minimum Gasteiger partial charge on any atom is -0.508 e.